The average Bonchev–Trinajstić information content (AvgIpc) is 2.38. The molecule has 0 aromatic heterocycles. The molecule has 2 aromatic rings. The molecule has 0 unspecified atom stereocenters. The van der Waals surface area contributed by atoms with E-state index in [0.717, 1.165) is 22.6 Å². The zero-order chi connectivity index (χ0) is 13.0. The first-order valence-corrected chi connectivity index (χ1v) is 5.82. The van der Waals surface area contributed by atoms with Crippen LogP contribution >= 0.6 is 0 Å². The second kappa shape index (κ2) is 5.54. The molecular formula is C15H16FNO. The summed E-state index contributed by atoms with van der Waals surface area (Å²) in [6, 6.07) is 12.6. The first-order valence-electron chi connectivity index (χ1n) is 5.82. The first-order chi connectivity index (χ1) is 8.69. The number of hydrogen-bond acceptors (Lipinski definition) is 2. The minimum Gasteiger partial charge on any atom is -0.497 e. The summed E-state index contributed by atoms with van der Waals surface area (Å²) < 4.78 is 18.1. The second-order valence-electron chi connectivity index (χ2n) is 4.16. The van der Waals surface area contributed by atoms with Crippen molar-refractivity contribution >= 4 is 5.69 Å². The maximum absolute atomic E-state index is 13.0. The number of benzene rings is 2. The summed E-state index contributed by atoms with van der Waals surface area (Å²) in [4.78, 5) is 0. The maximum atomic E-state index is 13.0. The number of halogens is 1. The van der Waals surface area contributed by atoms with Crippen LogP contribution in [0.15, 0.2) is 42.5 Å². The number of anilines is 1. The van der Waals surface area contributed by atoms with Crippen LogP contribution in [0.2, 0.25) is 0 Å². The van der Waals surface area contributed by atoms with E-state index in [9.17, 15) is 4.39 Å². The molecule has 0 bridgehead atoms. The summed E-state index contributed by atoms with van der Waals surface area (Å²) in [5.74, 6) is 0.619. The highest BCUT2D eigenvalue weighted by atomic mass is 19.1. The van der Waals surface area contributed by atoms with Crippen LogP contribution in [0.4, 0.5) is 10.1 Å². The van der Waals surface area contributed by atoms with Crippen LogP contribution in [-0.2, 0) is 6.54 Å². The molecule has 0 spiro atoms. The standard InChI is InChI=1S/C15H16FNO/c1-11-8-13(16)7-6-12(11)10-17-14-4-3-5-15(9-14)18-2/h3-9,17H,10H2,1-2H3. The molecule has 0 atom stereocenters. The number of hydrogen-bond donors (Lipinski definition) is 1. The zero-order valence-electron chi connectivity index (χ0n) is 10.5. The lowest BCUT2D eigenvalue weighted by Crippen LogP contribution is -2.01. The van der Waals surface area contributed by atoms with Crippen LogP contribution in [0.5, 0.6) is 5.75 Å². The van der Waals surface area contributed by atoms with Crippen LogP contribution in [0.1, 0.15) is 11.1 Å². The Labute approximate surface area is 106 Å². The molecule has 0 fully saturated rings. The van der Waals surface area contributed by atoms with E-state index >= 15 is 0 Å². The number of ether oxygens (including phenoxy) is 1. The third kappa shape index (κ3) is 3.00. The summed E-state index contributed by atoms with van der Waals surface area (Å²) in [5.41, 5.74) is 3.02. The Morgan fingerprint density at radius 2 is 2.00 bits per heavy atom. The molecule has 0 aliphatic carbocycles. The Morgan fingerprint density at radius 3 is 2.72 bits per heavy atom. The molecule has 0 aliphatic rings. The third-order valence-electron chi connectivity index (χ3n) is 2.86. The lowest BCUT2D eigenvalue weighted by atomic mass is 10.1. The number of methoxy groups -OCH3 is 1. The van der Waals surface area contributed by atoms with Gasteiger partial charge in [0, 0.05) is 18.3 Å². The van der Waals surface area contributed by atoms with Gasteiger partial charge in [-0.25, -0.2) is 4.39 Å². The van der Waals surface area contributed by atoms with Crippen molar-refractivity contribution < 1.29 is 9.13 Å². The van der Waals surface area contributed by atoms with Crippen molar-refractivity contribution in [1.29, 1.82) is 0 Å². The van der Waals surface area contributed by atoms with Crippen LogP contribution in [0, 0.1) is 12.7 Å². The van der Waals surface area contributed by atoms with E-state index < -0.39 is 0 Å². The monoisotopic (exact) mass is 245 g/mol. The topological polar surface area (TPSA) is 21.3 Å². The molecule has 2 aromatic carbocycles. The fourth-order valence-corrected chi connectivity index (χ4v) is 1.79. The van der Waals surface area contributed by atoms with E-state index in [1.165, 1.54) is 6.07 Å². The lowest BCUT2D eigenvalue weighted by molar-refractivity contribution is 0.415. The Morgan fingerprint density at radius 1 is 1.17 bits per heavy atom. The molecule has 0 heterocycles. The van der Waals surface area contributed by atoms with Gasteiger partial charge in [0.1, 0.15) is 11.6 Å². The van der Waals surface area contributed by atoms with Crippen LogP contribution in [0.3, 0.4) is 0 Å². The first kappa shape index (κ1) is 12.4. The van der Waals surface area contributed by atoms with Crippen molar-refractivity contribution in [3.63, 3.8) is 0 Å². The van der Waals surface area contributed by atoms with Gasteiger partial charge in [-0.1, -0.05) is 12.1 Å². The Kier molecular flexibility index (Phi) is 3.82. The van der Waals surface area contributed by atoms with Gasteiger partial charge in [0.25, 0.3) is 0 Å². The quantitative estimate of drug-likeness (QED) is 0.885. The molecular weight excluding hydrogens is 229 g/mol. The van der Waals surface area contributed by atoms with Gasteiger partial charge >= 0.3 is 0 Å². The van der Waals surface area contributed by atoms with Crippen LogP contribution in [0.25, 0.3) is 0 Å². The fraction of sp³-hybridized carbons (Fsp3) is 0.200. The van der Waals surface area contributed by atoms with Crippen molar-refractivity contribution in [3.05, 3.63) is 59.4 Å². The van der Waals surface area contributed by atoms with Gasteiger partial charge in [0.05, 0.1) is 7.11 Å². The molecule has 2 nitrogen and oxygen atoms in total. The Balaban J connectivity index is 2.06. The van der Waals surface area contributed by atoms with Crippen molar-refractivity contribution in [3.8, 4) is 5.75 Å². The number of rotatable bonds is 4. The van der Waals surface area contributed by atoms with E-state index in [1.54, 1.807) is 19.2 Å². The molecule has 0 radical (unpaired) electrons. The van der Waals surface area contributed by atoms with Gasteiger partial charge in [-0.05, 0) is 42.3 Å². The van der Waals surface area contributed by atoms with E-state index in [0.29, 0.717) is 6.54 Å². The Hall–Kier alpha value is -2.03. The summed E-state index contributed by atoms with van der Waals surface area (Å²) in [5, 5.41) is 3.29. The highest BCUT2D eigenvalue weighted by Crippen LogP contribution is 2.18. The largest absolute Gasteiger partial charge is 0.497 e. The van der Waals surface area contributed by atoms with Crippen LogP contribution < -0.4 is 10.1 Å². The Bertz CT molecular complexity index is 540. The molecule has 0 saturated carbocycles. The third-order valence-corrected chi connectivity index (χ3v) is 2.86. The minimum absolute atomic E-state index is 0.197. The molecule has 0 amide bonds. The zero-order valence-corrected chi connectivity index (χ0v) is 10.5. The van der Waals surface area contributed by atoms with Gasteiger partial charge < -0.3 is 10.1 Å². The molecule has 18 heavy (non-hydrogen) atoms. The van der Waals surface area contributed by atoms with Crippen molar-refractivity contribution in [1.82, 2.24) is 0 Å². The van der Waals surface area contributed by atoms with E-state index in [-0.39, 0.29) is 5.82 Å². The molecule has 1 N–H and O–H groups in total. The highest BCUT2D eigenvalue weighted by Gasteiger charge is 2.00. The van der Waals surface area contributed by atoms with Crippen molar-refractivity contribution in [2.24, 2.45) is 0 Å². The summed E-state index contributed by atoms with van der Waals surface area (Å²) in [7, 11) is 1.64. The van der Waals surface area contributed by atoms with E-state index in [1.807, 2.05) is 31.2 Å². The minimum atomic E-state index is -0.197. The highest BCUT2D eigenvalue weighted by molar-refractivity contribution is 5.48. The molecule has 94 valence electrons. The summed E-state index contributed by atoms with van der Waals surface area (Å²) >= 11 is 0. The van der Waals surface area contributed by atoms with Crippen LogP contribution in [-0.4, -0.2) is 7.11 Å². The summed E-state index contributed by atoms with van der Waals surface area (Å²) in [6.07, 6.45) is 0. The van der Waals surface area contributed by atoms with Crippen molar-refractivity contribution in [2.45, 2.75) is 13.5 Å². The van der Waals surface area contributed by atoms with Gasteiger partial charge in [0.15, 0.2) is 0 Å². The van der Waals surface area contributed by atoms with Crippen molar-refractivity contribution in [2.75, 3.05) is 12.4 Å². The smallest absolute Gasteiger partial charge is 0.123 e. The SMILES string of the molecule is COc1cccc(NCc2ccc(F)cc2C)c1. The summed E-state index contributed by atoms with van der Waals surface area (Å²) in [6.45, 7) is 2.57. The predicted molar refractivity (Wildman–Crippen MR) is 71.5 cm³/mol. The number of nitrogens with one attached hydrogen (secondary N) is 1. The molecule has 0 saturated heterocycles. The van der Waals surface area contributed by atoms with Gasteiger partial charge in [-0.15, -0.1) is 0 Å². The molecule has 3 heteroatoms. The fourth-order valence-electron chi connectivity index (χ4n) is 1.79. The number of aryl methyl sites for hydroxylation is 1. The normalized spacial score (nSPS) is 10.2. The lowest BCUT2D eigenvalue weighted by Gasteiger charge is -2.10. The van der Waals surface area contributed by atoms with E-state index in [4.69, 9.17) is 4.74 Å². The molecule has 2 rings (SSSR count). The van der Waals surface area contributed by atoms with Gasteiger partial charge in [-0.3, -0.25) is 0 Å². The van der Waals surface area contributed by atoms with E-state index in [2.05, 4.69) is 5.32 Å². The average molecular weight is 245 g/mol. The predicted octanol–water partition coefficient (Wildman–Crippen LogP) is 3.75. The van der Waals surface area contributed by atoms with Gasteiger partial charge in [-0.2, -0.15) is 0 Å². The maximum Gasteiger partial charge on any atom is 0.123 e. The second-order valence-corrected chi connectivity index (χ2v) is 4.16. The molecule has 0 aliphatic heterocycles. The van der Waals surface area contributed by atoms with Gasteiger partial charge in [0.2, 0.25) is 0 Å².